The minimum absolute atomic E-state index is 0.123. The second-order valence-electron chi connectivity index (χ2n) is 17.9. The van der Waals surface area contributed by atoms with Crippen molar-refractivity contribution >= 4 is 11.9 Å². The van der Waals surface area contributed by atoms with Crippen molar-refractivity contribution in [1.29, 1.82) is 0 Å². The van der Waals surface area contributed by atoms with Crippen molar-refractivity contribution in [3.63, 3.8) is 0 Å². The zero-order valence-electron chi connectivity index (χ0n) is 37.5. The maximum atomic E-state index is 14.4. The van der Waals surface area contributed by atoms with Gasteiger partial charge in [0.25, 0.3) is 0 Å². The van der Waals surface area contributed by atoms with Crippen molar-refractivity contribution in [2.24, 2.45) is 17.8 Å². The number of rotatable bonds is 12. The molecular weight excluding hydrogens is 740 g/mol. The van der Waals surface area contributed by atoms with Crippen molar-refractivity contribution < 1.29 is 62.8 Å². The number of likely N-dealkylation sites (N-methyl/N-ethyl adjacent to an activating group) is 1. The molecule has 0 aromatic carbocycles. The molecule has 0 spiro atoms. The number of carbonyl (C=O) groups excluding carboxylic acids is 2. The molecule has 334 valence electrons. The first kappa shape index (κ1) is 49.9. The lowest BCUT2D eigenvalue weighted by molar-refractivity contribution is -0.322. The Morgan fingerprint density at radius 2 is 1.51 bits per heavy atom. The third-order valence-corrected chi connectivity index (χ3v) is 12.9. The van der Waals surface area contributed by atoms with Crippen LogP contribution in [0.4, 0.5) is 0 Å². The van der Waals surface area contributed by atoms with E-state index in [2.05, 4.69) is 12.2 Å². The number of cyclic esters (lactones) is 1. The minimum Gasteiger partial charge on any atom is -0.459 e. The normalized spacial score (nSPS) is 45.8. The Bertz CT molecular complexity index is 1270. The number of carbonyl (C=O) groups is 2. The van der Waals surface area contributed by atoms with Crippen molar-refractivity contribution in [2.75, 3.05) is 34.9 Å². The van der Waals surface area contributed by atoms with Gasteiger partial charge < -0.3 is 63.4 Å². The molecule has 3 rings (SSSR count). The molecule has 3 aliphatic rings. The van der Waals surface area contributed by atoms with Gasteiger partial charge in [0, 0.05) is 45.1 Å². The molecule has 57 heavy (non-hydrogen) atoms. The van der Waals surface area contributed by atoms with Gasteiger partial charge in [-0.25, -0.2) is 0 Å². The van der Waals surface area contributed by atoms with E-state index in [1.165, 1.54) is 14.0 Å². The first-order chi connectivity index (χ1) is 26.5. The van der Waals surface area contributed by atoms with E-state index >= 15 is 0 Å². The van der Waals surface area contributed by atoms with Crippen molar-refractivity contribution in [1.82, 2.24) is 10.2 Å². The zero-order valence-corrected chi connectivity index (χ0v) is 37.5. The van der Waals surface area contributed by atoms with Gasteiger partial charge >= 0.3 is 5.97 Å². The maximum absolute atomic E-state index is 14.4. The van der Waals surface area contributed by atoms with Crippen LogP contribution in [0.5, 0.6) is 0 Å². The van der Waals surface area contributed by atoms with Crippen LogP contribution in [0.1, 0.15) is 115 Å². The van der Waals surface area contributed by atoms with E-state index in [0.717, 1.165) is 12.8 Å². The fourth-order valence-electron chi connectivity index (χ4n) is 9.07. The van der Waals surface area contributed by atoms with Gasteiger partial charge in [-0.15, -0.1) is 0 Å². The van der Waals surface area contributed by atoms with Crippen LogP contribution >= 0.6 is 0 Å². The molecule has 0 aromatic heterocycles. The van der Waals surface area contributed by atoms with E-state index in [1.807, 2.05) is 53.6 Å². The molecule has 0 aromatic rings. The fraction of sp³-hybridized carbons (Fsp3) is 0.952. The highest BCUT2D eigenvalue weighted by molar-refractivity contribution is 5.78. The Hall–Kier alpha value is -1.50. The molecule has 0 unspecified atom stereocenters. The van der Waals surface area contributed by atoms with Crippen molar-refractivity contribution in [3.05, 3.63) is 0 Å². The van der Waals surface area contributed by atoms with Gasteiger partial charge in [-0.1, -0.05) is 34.1 Å². The molecule has 15 nitrogen and oxygen atoms in total. The van der Waals surface area contributed by atoms with Crippen LogP contribution in [0, 0.1) is 17.8 Å². The summed E-state index contributed by atoms with van der Waals surface area (Å²) >= 11 is 0. The standard InChI is InChI=1S/C42H78N2O13/c1-16-18-19-52-36-28(8)54-31(22-41(36,10)51-15)56-33-25(5)35(57-39-32(45)29(44(12)13)20-24(4)53-39)40(9,50-14)21-23(3)37(47)43-27(7)34(46)42(11,49)30(17-2)55-38(48)26(33)6/h23-36,39,45-46,49H,16-22H2,1-15H3,(H,43,47)/t23-,24-,25+,26-,27-,28+,29+,30-,31+,32-,33+,34-,35-,36+,39+,40-,41-,42-/m1/s1. The molecule has 15 heteroatoms. The van der Waals surface area contributed by atoms with E-state index in [4.69, 9.17) is 37.9 Å². The van der Waals surface area contributed by atoms with E-state index < -0.39 is 95.8 Å². The molecule has 4 N–H and O–H groups in total. The van der Waals surface area contributed by atoms with E-state index in [1.54, 1.807) is 34.8 Å². The smallest absolute Gasteiger partial charge is 0.311 e. The quantitative estimate of drug-likeness (QED) is 0.166. The Kier molecular flexibility index (Phi) is 18.2. The number of ether oxygens (including phenoxy) is 8. The van der Waals surface area contributed by atoms with E-state index in [0.29, 0.717) is 13.0 Å². The lowest BCUT2D eigenvalue weighted by Gasteiger charge is -2.50. The average molecular weight is 819 g/mol. The summed E-state index contributed by atoms with van der Waals surface area (Å²) in [4.78, 5) is 30.1. The molecule has 0 aliphatic carbocycles. The van der Waals surface area contributed by atoms with Crippen LogP contribution in [0.2, 0.25) is 0 Å². The summed E-state index contributed by atoms with van der Waals surface area (Å²) in [6, 6.07) is -1.19. The van der Waals surface area contributed by atoms with Crippen LogP contribution in [-0.2, 0) is 47.5 Å². The third-order valence-electron chi connectivity index (χ3n) is 12.9. The number of methoxy groups -OCH3 is 2. The van der Waals surface area contributed by atoms with Crippen molar-refractivity contribution in [2.45, 2.75) is 205 Å². The second kappa shape index (κ2) is 20.8. The average Bonchev–Trinajstić information content (AvgIpc) is 3.15. The number of amides is 1. The van der Waals surface area contributed by atoms with Gasteiger partial charge in [-0.2, -0.15) is 0 Å². The lowest BCUT2D eigenvalue weighted by Crippen LogP contribution is -2.61. The summed E-state index contributed by atoms with van der Waals surface area (Å²) in [5.74, 6) is -3.46. The summed E-state index contributed by atoms with van der Waals surface area (Å²) in [5.41, 5.74) is -3.98. The number of unbranched alkanes of at least 4 members (excludes halogenated alkanes) is 1. The van der Waals surface area contributed by atoms with Gasteiger partial charge in [0.05, 0.1) is 47.6 Å². The number of esters is 1. The number of nitrogens with one attached hydrogen (secondary N) is 1. The first-order valence-electron chi connectivity index (χ1n) is 21.1. The first-order valence-corrected chi connectivity index (χ1v) is 21.1. The Morgan fingerprint density at radius 3 is 2.07 bits per heavy atom. The molecule has 3 aliphatic heterocycles. The number of hydrogen-bond acceptors (Lipinski definition) is 14. The summed E-state index contributed by atoms with van der Waals surface area (Å²) in [5, 5.41) is 37.6. The highest BCUT2D eigenvalue weighted by Gasteiger charge is 2.53. The summed E-state index contributed by atoms with van der Waals surface area (Å²) in [6.45, 7) is 20.3. The lowest BCUT2D eigenvalue weighted by atomic mass is 9.77. The molecule has 3 fully saturated rings. The van der Waals surface area contributed by atoms with Gasteiger partial charge in [0.1, 0.15) is 30.0 Å². The van der Waals surface area contributed by atoms with E-state index in [9.17, 15) is 24.9 Å². The summed E-state index contributed by atoms with van der Waals surface area (Å²) < 4.78 is 51.4. The molecule has 18 atom stereocenters. The third kappa shape index (κ3) is 11.7. The van der Waals surface area contributed by atoms with Gasteiger partial charge in [-0.05, 0) is 88.2 Å². The Morgan fingerprint density at radius 1 is 0.895 bits per heavy atom. The number of hydrogen-bond donors (Lipinski definition) is 4. The van der Waals surface area contributed by atoms with Gasteiger partial charge in [0.2, 0.25) is 5.91 Å². The minimum atomic E-state index is -1.93. The molecule has 3 saturated heterocycles. The Balaban J connectivity index is 2.21. The maximum Gasteiger partial charge on any atom is 0.311 e. The topological polar surface area (TPSA) is 184 Å². The van der Waals surface area contributed by atoms with Crippen LogP contribution in [0.3, 0.4) is 0 Å². The number of nitrogens with zero attached hydrogens (tertiary/aromatic N) is 1. The van der Waals surface area contributed by atoms with Crippen LogP contribution in [0.15, 0.2) is 0 Å². The summed E-state index contributed by atoms with van der Waals surface area (Å²) in [6.07, 6.45) is -5.69. The molecule has 0 bridgehead atoms. The van der Waals surface area contributed by atoms with Crippen molar-refractivity contribution in [3.8, 4) is 0 Å². The van der Waals surface area contributed by atoms with Gasteiger partial charge in [0.15, 0.2) is 12.6 Å². The summed E-state index contributed by atoms with van der Waals surface area (Å²) in [7, 11) is 6.95. The second-order valence-corrected chi connectivity index (χ2v) is 17.9. The van der Waals surface area contributed by atoms with Gasteiger partial charge in [-0.3, -0.25) is 9.59 Å². The monoisotopic (exact) mass is 819 g/mol. The SMILES string of the molecule is CCCCO[C@H]1[C@H](C)O[C@@H](O[C@H]2[C@H](C)[C@@H](O[C@@H]3O[C@H](C)C[C@H](N(C)C)[C@H]3O)[C@](C)(OC)C[C@@H](C)C(=O)N[C@H](C)[C@@H](O)[C@](C)(O)[C@@H](CC)OC(=O)[C@@H]2C)C[C@@]1(C)OC. The zero-order chi connectivity index (χ0) is 43.2. The predicted octanol–water partition coefficient (Wildman–Crippen LogP) is 3.56. The van der Waals surface area contributed by atoms with E-state index in [-0.39, 0.29) is 43.4 Å². The predicted molar refractivity (Wildman–Crippen MR) is 213 cm³/mol. The molecular formula is C42H78N2O13. The molecule has 1 amide bonds. The number of aliphatic hydroxyl groups excluding tert-OH is 2. The molecule has 3 heterocycles. The molecule has 0 saturated carbocycles. The van der Waals surface area contributed by atoms with Crippen LogP contribution in [-0.4, -0.2) is 157 Å². The largest absolute Gasteiger partial charge is 0.459 e. The number of aliphatic hydroxyl groups is 3. The van der Waals surface area contributed by atoms with Crippen LogP contribution in [0.25, 0.3) is 0 Å². The highest BCUT2D eigenvalue weighted by Crippen LogP contribution is 2.41. The van der Waals surface area contributed by atoms with Crippen LogP contribution < -0.4 is 5.32 Å². The highest BCUT2D eigenvalue weighted by atomic mass is 16.7. The molecule has 0 radical (unpaired) electrons. The fourth-order valence-corrected chi connectivity index (χ4v) is 9.07. The Labute approximate surface area is 342 Å².